The maximum absolute atomic E-state index is 12.6. The number of nitrogens with zero attached hydrogens (tertiary/aromatic N) is 1. The van der Waals surface area contributed by atoms with E-state index in [4.69, 9.17) is 4.74 Å². The molecule has 1 atom stereocenters. The summed E-state index contributed by atoms with van der Waals surface area (Å²) < 4.78 is 5.28. The average molecular weight is 308 g/mol. The van der Waals surface area contributed by atoms with Crippen molar-refractivity contribution in [2.45, 2.75) is 13.0 Å². The zero-order valence-corrected chi connectivity index (χ0v) is 13.4. The number of hydrogen-bond acceptors (Lipinski definition) is 4. The number of rotatable bonds is 7. The summed E-state index contributed by atoms with van der Waals surface area (Å²) in [4.78, 5) is 14.9. The smallest absolute Gasteiger partial charge is 0.242 e. The van der Waals surface area contributed by atoms with Crippen LogP contribution in [0.2, 0.25) is 0 Å². The zero-order valence-electron chi connectivity index (χ0n) is 12.6. The fourth-order valence-electron chi connectivity index (χ4n) is 2.49. The fourth-order valence-corrected chi connectivity index (χ4v) is 3.42. The minimum atomic E-state index is -0.186. The molecule has 1 aromatic rings. The van der Waals surface area contributed by atoms with E-state index in [1.54, 1.807) is 0 Å². The molecule has 1 aliphatic heterocycles. The molecule has 1 aliphatic rings. The molecular weight excluding hydrogens is 284 g/mol. The quantitative estimate of drug-likeness (QED) is 0.782. The van der Waals surface area contributed by atoms with Crippen molar-refractivity contribution in [1.29, 1.82) is 0 Å². The number of amides is 1. The number of ether oxygens (including phenoxy) is 1. The minimum Gasteiger partial charge on any atom is -0.380 e. The summed E-state index contributed by atoms with van der Waals surface area (Å²) >= 11 is 1.95. The van der Waals surface area contributed by atoms with Gasteiger partial charge in [-0.3, -0.25) is 9.69 Å². The van der Waals surface area contributed by atoms with Gasteiger partial charge in [0.25, 0.3) is 0 Å². The first-order chi connectivity index (χ1) is 10.3. The molecule has 0 aliphatic carbocycles. The van der Waals surface area contributed by atoms with E-state index in [1.807, 2.05) is 49.0 Å². The number of thioether (sulfide) groups is 1. The van der Waals surface area contributed by atoms with E-state index in [2.05, 4.69) is 10.2 Å². The molecule has 4 nitrogen and oxygen atoms in total. The third-order valence-electron chi connectivity index (χ3n) is 3.52. The number of carbonyl (C=O) groups excluding carboxylic acids is 1. The maximum Gasteiger partial charge on any atom is 0.242 e. The predicted molar refractivity (Wildman–Crippen MR) is 87.6 cm³/mol. The molecule has 0 saturated carbocycles. The van der Waals surface area contributed by atoms with Gasteiger partial charge in [0.2, 0.25) is 5.91 Å². The molecule has 21 heavy (non-hydrogen) atoms. The van der Waals surface area contributed by atoms with E-state index < -0.39 is 0 Å². The molecule has 1 heterocycles. The van der Waals surface area contributed by atoms with Crippen LogP contribution in [-0.4, -0.2) is 55.2 Å². The number of nitrogens with one attached hydrogen (secondary N) is 1. The van der Waals surface area contributed by atoms with Crippen molar-refractivity contribution >= 4 is 17.7 Å². The van der Waals surface area contributed by atoms with Gasteiger partial charge in [0.05, 0.1) is 6.61 Å². The Bertz CT molecular complexity index is 422. The van der Waals surface area contributed by atoms with Gasteiger partial charge in [-0.25, -0.2) is 0 Å². The molecule has 1 amide bonds. The van der Waals surface area contributed by atoms with Gasteiger partial charge in [-0.1, -0.05) is 30.3 Å². The van der Waals surface area contributed by atoms with Gasteiger partial charge < -0.3 is 10.1 Å². The average Bonchev–Trinajstić information content (AvgIpc) is 2.54. The highest BCUT2D eigenvalue weighted by atomic mass is 32.2. The van der Waals surface area contributed by atoms with Crippen LogP contribution >= 0.6 is 11.8 Å². The molecular formula is C16H24N2O2S. The first-order valence-corrected chi connectivity index (χ1v) is 8.70. The number of hydrogen-bond donors (Lipinski definition) is 1. The van der Waals surface area contributed by atoms with Crippen LogP contribution < -0.4 is 5.32 Å². The molecule has 0 radical (unpaired) electrons. The lowest BCUT2D eigenvalue weighted by Crippen LogP contribution is -2.44. The van der Waals surface area contributed by atoms with Crippen LogP contribution in [0.3, 0.4) is 0 Å². The van der Waals surface area contributed by atoms with Crippen molar-refractivity contribution in [2.75, 3.05) is 44.4 Å². The Hall–Kier alpha value is -1.04. The molecule has 0 aromatic heterocycles. The molecule has 1 unspecified atom stereocenters. The van der Waals surface area contributed by atoms with Crippen LogP contribution in [-0.2, 0) is 9.53 Å². The van der Waals surface area contributed by atoms with E-state index in [0.717, 1.165) is 30.2 Å². The second-order valence-electron chi connectivity index (χ2n) is 4.95. The van der Waals surface area contributed by atoms with Gasteiger partial charge in [0, 0.05) is 37.7 Å². The van der Waals surface area contributed by atoms with Crippen LogP contribution in [0.1, 0.15) is 18.5 Å². The predicted octanol–water partition coefficient (Wildman–Crippen LogP) is 1.93. The van der Waals surface area contributed by atoms with E-state index in [0.29, 0.717) is 19.8 Å². The standard InChI is InChI=1S/C16H24N2O2S/c1-2-20-11-8-17-16(19)15(14-6-4-3-5-7-14)18-9-12-21-13-10-18/h3-7,15H,2,8-13H2,1H3,(H,17,19). The Morgan fingerprint density at radius 2 is 2.05 bits per heavy atom. The van der Waals surface area contributed by atoms with Crippen LogP contribution in [0, 0.1) is 0 Å². The zero-order chi connectivity index (χ0) is 14.9. The molecule has 1 saturated heterocycles. The van der Waals surface area contributed by atoms with Crippen molar-refractivity contribution in [3.8, 4) is 0 Å². The van der Waals surface area contributed by atoms with E-state index in [9.17, 15) is 4.79 Å². The lowest BCUT2D eigenvalue weighted by atomic mass is 10.0. The van der Waals surface area contributed by atoms with Gasteiger partial charge in [0.1, 0.15) is 6.04 Å². The van der Waals surface area contributed by atoms with Gasteiger partial charge in [0.15, 0.2) is 0 Å². The summed E-state index contributed by atoms with van der Waals surface area (Å²) in [5.41, 5.74) is 1.07. The van der Waals surface area contributed by atoms with Crippen LogP contribution in [0.15, 0.2) is 30.3 Å². The first-order valence-electron chi connectivity index (χ1n) is 7.55. The van der Waals surface area contributed by atoms with Crippen molar-refractivity contribution in [3.63, 3.8) is 0 Å². The monoisotopic (exact) mass is 308 g/mol. The van der Waals surface area contributed by atoms with Crippen molar-refractivity contribution in [1.82, 2.24) is 10.2 Å². The Morgan fingerprint density at radius 1 is 1.33 bits per heavy atom. The second-order valence-corrected chi connectivity index (χ2v) is 6.17. The van der Waals surface area contributed by atoms with E-state index >= 15 is 0 Å². The molecule has 1 fully saturated rings. The van der Waals surface area contributed by atoms with Crippen LogP contribution in [0.5, 0.6) is 0 Å². The van der Waals surface area contributed by atoms with Gasteiger partial charge in [-0.15, -0.1) is 0 Å². The van der Waals surface area contributed by atoms with Crippen molar-refractivity contribution in [2.24, 2.45) is 0 Å². The Kier molecular flexibility index (Phi) is 7.06. The molecule has 5 heteroatoms. The number of carbonyl (C=O) groups is 1. The Balaban J connectivity index is 2.02. The van der Waals surface area contributed by atoms with Crippen LogP contribution in [0.25, 0.3) is 0 Å². The minimum absolute atomic E-state index is 0.0767. The second kappa shape index (κ2) is 9.07. The Morgan fingerprint density at radius 3 is 2.71 bits per heavy atom. The van der Waals surface area contributed by atoms with E-state index in [-0.39, 0.29) is 11.9 Å². The SMILES string of the molecule is CCOCCNC(=O)C(c1ccccc1)N1CCSCC1. The van der Waals surface area contributed by atoms with Gasteiger partial charge in [-0.05, 0) is 12.5 Å². The highest BCUT2D eigenvalue weighted by Gasteiger charge is 2.28. The molecule has 116 valence electrons. The van der Waals surface area contributed by atoms with Gasteiger partial charge >= 0.3 is 0 Å². The maximum atomic E-state index is 12.6. The Labute approximate surface area is 131 Å². The normalized spacial score (nSPS) is 17.4. The van der Waals surface area contributed by atoms with E-state index in [1.165, 1.54) is 0 Å². The molecule has 1 aromatic carbocycles. The first kappa shape index (κ1) is 16.3. The largest absolute Gasteiger partial charge is 0.380 e. The van der Waals surface area contributed by atoms with Gasteiger partial charge in [-0.2, -0.15) is 11.8 Å². The van der Waals surface area contributed by atoms with Crippen LogP contribution in [0.4, 0.5) is 0 Å². The lowest BCUT2D eigenvalue weighted by Gasteiger charge is -2.33. The lowest BCUT2D eigenvalue weighted by molar-refractivity contribution is -0.126. The molecule has 0 bridgehead atoms. The molecule has 2 rings (SSSR count). The summed E-state index contributed by atoms with van der Waals surface area (Å²) in [6, 6.07) is 9.86. The van der Waals surface area contributed by atoms with Crippen molar-refractivity contribution in [3.05, 3.63) is 35.9 Å². The number of benzene rings is 1. The molecule has 0 spiro atoms. The highest BCUT2D eigenvalue weighted by Crippen LogP contribution is 2.24. The third kappa shape index (κ3) is 5.02. The summed E-state index contributed by atoms with van der Waals surface area (Å²) in [7, 11) is 0. The fraction of sp³-hybridized carbons (Fsp3) is 0.562. The topological polar surface area (TPSA) is 41.6 Å². The highest BCUT2D eigenvalue weighted by molar-refractivity contribution is 7.99. The summed E-state index contributed by atoms with van der Waals surface area (Å²) in [6.07, 6.45) is 0. The molecule has 1 N–H and O–H groups in total. The summed E-state index contributed by atoms with van der Waals surface area (Å²) in [6.45, 7) is 5.70. The van der Waals surface area contributed by atoms with Crippen molar-refractivity contribution < 1.29 is 9.53 Å². The summed E-state index contributed by atoms with van der Waals surface area (Å²) in [5, 5.41) is 3.00. The third-order valence-corrected chi connectivity index (χ3v) is 4.47. The summed E-state index contributed by atoms with van der Waals surface area (Å²) in [5.74, 6) is 2.26.